The van der Waals surface area contributed by atoms with Crippen molar-refractivity contribution >= 4 is 27.3 Å². The standard InChI is InChI=1S/C19H25N3O3S/c1-13-7-6-8-17(15(13)3)20-12-19(23)21-16-10-9-14(2)18(11-16)26(24,25)22(4)5/h6-11,20H,12H2,1-5H3,(H,21,23). The number of benzene rings is 2. The van der Waals surface area contributed by atoms with Crippen molar-refractivity contribution in [3.63, 3.8) is 0 Å². The summed E-state index contributed by atoms with van der Waals surface area (Å²) in [5.41, 5.74) is 4.22. The number of hydrogen-bond donors (Lipinski definition) is 2. The molecule has 0 unspecified atom stereocenters. The van der Waals surface area contributed by atoms with Crippen LogP contribution in [0.25, 0.3) is 0 Å². The normalized spacial score (nSPS) is 11.5. The number of nitrogens with zero attached hydrogens (tertiary/aromatic N) is 1. The number of sulfonamides is 1. The molecule has 0 saturated carbocycles. The lowest BCUT2D eigenvalue weighted by atomic mass is 10.1. The molecule has 2 N–H and O–H groups in total. The van der Waals surface area contributed by atoms with Crippen molar-refractivity contribution in [2.75, 3.05) is 31.3 Å². The van der Waals surface area contributed by atoms with Crippen molar-refractivity contribution in [3.05, 3.63) is 53.1 Å². The first-order chi connectivity index (χ1) is 12.1. The number of carbonyl (C=O) groups excluding carboxylic acids is 1. The Balaban J connectivity index is 2.11. The van der Waals surface area contributed by atoms with Gasteiger partial charge >= 0.3 is 0 Å². The van der Waals surface area contributed by atoms with Crippen molar-refractivity contribution in [1.29, 1.82) is 0 Å². The molecule has 0 aromatic heterocycles. The summed E-state index contributed by atoms with van der Waals surface area (Å²) >= 11 is 0. The van der Waals surface area contributed by atoms with Crippen LogP contribution in [0, 0.1) is 20.8 Å². The fourth-order valence-electron chi connectivity index (χ4n) is 2.48. The average Bonchev–Trinajstić information content (AvgIpc) is 2.57. The number of anilines is 2. The minimum Gasteiger partial charge on any atom is -0.376 e. The van der Waals surface area contributed by atoms with E-state index in [9.17, 15) is 13.2 Å². The average molecular weight is 375 g/mol. The molecular formula is C19H25N3O3S. The van der Waals surface area contributed by atoms with E-state index in [-0.39, 0.29) is 17.3 Å². The lowest BCUT2D eigenvalue weighted by Crippen LogP contribution is -2.24. The second-order valence-corrected chi connectivity index (χ2v) is 8.54. The summed E-state index contributed by atoms with van der Waals surface area (Å²) in [4.78, 5) is 12.4. The highest BCUT2D eigenvalue weighted by atomic mass is 32.2. The van der Waals surface area contributed by atoms with E-state index in [2.05, 4.69) is 10.6 Å². The third kappa shape index (κ3) is 4.42. The van der Waals surface area contributed by atoms with Gasteiger partial charge < -0.3 is 10.6 Å². The van der Waals surface area contributed by atoms with E-state index >= 15 is 0 Å². The Bertz CT molecular complexity index is 922. The molecule has 0 heterocycles. The van der Waals surface area contributed by atoms with Crippen molar-refractivity contribution < 1.29 is 13.2 Å². The summed E-state index contributed by atoms with van der Waals surface area (Å²) < 4.78 is 25.9. The Hall–Kier alpha value is -2.38. The van der Waals surface area contributed by atoms with E-state index in [1.54, 1.807) is 19.1 Å². The Labute approximate surface area is 155 Å². The van der Waals surface area contributed by atoms with Crippen LogP contribution in [0.1, 0.15) is 16.7 Å². The van der Waals surface area contributed by atoms with Gasteiger partial charge in [-0.05, 0) is 55.7 Å². The first-order valence-corrected chi connectivity index (χ1v) is 9.70. The summed E-state index contributed by atoms with van der Waals surface area (Å²) in [6.07, 6.45) is 0. The Morgan fingerprint density at radius 1 is 1.04 bits per heavy atom. The molecule has 26 heavy (non-hydrogen) atoms. The van der Waals surface area contributed by atoms with Crippen molar-refractivity contribution in [2.24, 2.45) is 0 Å². The third-order valence-electron chi connectivity index (χ3n) is 4.27. The van der Waals surface area contributed by atoms with Gasteiger partial charge in [-0.1, -0.05) is 18.2 Å². The Morgan fingerprint density at radius 2 is 1.73 bits per heavy atom. The number of aryl methyl sites for hydroxylation is 2. The maximum atomic E-state index is 12.4. The van der Waals surface area contributed by atoms with Crippen LogP contribution in [-0.2, 0) is 14.8 Å². The lowest BCUT2D eigenvalue weighted by molar-refractivity contribution is -0.114. The molecule has 0 atom stereocenters. The molecule has 0 aliphatic carbocycles. The van der Waals surface area contributed by atoms with Crippen LogP contribution in [0.5, 0.6) is 0 Å². The predicted octanol–water partition coefficient (Wildman–Crippen LogP) is 2.91. The molecule has 7 heteroatoms. The summed E-state index contributed by atoms with van der Waals surface area (Å²) in [5.74, 6) is -0.247. The maximum absolute atomic E-state index is 12.4. The third-order valence-corrected chi connectivity index (χ3v) is 6.23. The van der Waals surface area contributed by atoms with Crippen LogP contribution in [0.2, 0.25) is 0 Å². The maximum Gasteiger partial charge on any atom is 0.243 e. The Kier molecular flexibility index (Phi) is 6.05. The van der Waals surface area contributed by atoms with Gasteiger partial charge in [0.15, 0.2) is 0 Å². The largest absolute Gasteiger partial charge is 0.376 e. The number of carbonyl (C=O) groups is 1. The van der Waals surface area contributed by atoms with E-state index in [0.29, 0.717) is 11.3 Å². The van der Waals surface area contributed by atoms with Gasteiger partial charge in [0.25, 0.3) is 0 Å². The number of hydrogen-bond acceptors (Lipinski definition) is 4. The zero-order chi connectivity index (χ0) is 19.5. The molecule has 0 spiro atoms. The van der Waals surface area contributed by atoms with Crippen molar-refractivity contribution in [3.8, 4) is 0 Å². The van der Waals surface area contributed by atoms with Crippen LogP contribution in [-0.4, -0.2) is 39.3 Å². The van der Waals surface area contributed by atoms with Crippen LogP contribution < -0.4 is 10.6 Å². The molecule has 140 valence electrons. The van der Waals surface area contributed by atoms with Gasteiger partial charge in [0, 0.05) is 25.5 Å². The van der Waals surface area contributed by atoms with Gasteiger partial charge in [0.1, 0.15) is 0 Å². The smallest absolute Gasteiger partial charge is 0.243 e. The second kappa shape index (κ2) is 7.88. The van der Waals surface area contributed by atoms with Crippen LogP contribution in [0.4, 0.5) is 11.4 Å². The quantitative estimate of drug-likeness (QED) is 0.814. The molecule has 0 aliphatic heterocycles. The minimum atomic E-state index is -3.57. The highest BCUT2D eigenvalue weighted by Gasteiger charge is 2.20. The zero-order valence-corrected chi connectivity index (χ0v) is 16.6. The van der Waals surface area contributed by atoms with Gasteiger partial charge in [0.2, 0.25) is 15.9 Å². The lowest BCUT2D eigenvalue weighted by Gasteiger charge is -2.15. The molecular weight excluding hydrogens is 350 g/mol. The molecule has 2 rings (SSSR count). The highest BCUT2D eigenvalue weighted by molar-refractivity contribution is 7.89. The summed E-state index contributed by atoms with van der Waals surface area (Å²) in [7, 11) is -0.605. The summed E-state index contributed by atoms with van der Waals surface area (Å²) in [6.45, 7) is 5.82. The van der Waals surface area contributed by atoms with E-state index in [0.717, 1.165) is 21.1 Å². The zero-order valence-electron chi connectivity index (χ0n) is 15.8. The summed E-state index contributed by atoms with van der Waals surface area (Å²) in [6, 6.07) is 10.7. The van der Waals surface area contributed by atoms with Gasteiger partial charge in [-0.25, -0.2) is 12.7 Å². The number of nitrogens with one attached hydrogen (secondary N) is 2. The van der Waals surface area contributed by atoms with E-state index in [1.165, 1.54) is 20.2 Å². The molecule has 1 amide bonds. The first kappa shape index (κ1) is 19.9. The monoisotopic (exact) mass is 375 g/mol. The van der Waals surface area contributed by atoms with Crippen molar-refractivity contribution in [2.45, 2.75) is 25.7 Å². The summed E-state index contributed by atoms with van der Waals surface area (Å²) in [5, 5.41) is 5.85. The SMILES string of the molecule is Cc1ccc(NC(=O)CNc2cccc(C)c2C)cc1S(=O)(=O)N(C)C. The van der Waals surface area contributed by atoms with E-state index in [4.69, 9.17) is 0 Å². The first-order valence-electron chi connectivity index (χ1n) is 8.26. The minimum absolute atomic E-state index is 0.0912. The van der Waals surface area contributed by atoms with Crippen LogP contribution in [0.3, 0.4) is 0 Å². The van der Waals surface area contributed by atoms with Gasteiger partial charge in [-0.3, -0.25) is 4.79 Å². The Morgan fingerprint density at radius 3 is 2.38 bits per heavy atom. The van der Waals surface area contributed by atoms with Gasteiger partial charge in [-0.2, -0.15) is 0 Å². The fourth-order valence-corrected chi connectivity index (χ4v) is 3.62. The molecule has 2 aromatic carbocycles. The van der Waals surface area contributed by atoms with Gasteiger partial charge in [0.05, 0.1) is 11.4 Å². The fraction of sp³-hybridized carbons (Fsp3) is 0.316. The van der Waals surface area contributed by atoms with E-state index in [1.807, 2.05) is 32.0 Å². The topological polar surface area (TPSA) is 78.5 Å². The van der Waals surface area contributed by atoms with Gasteiger partial charge in [-0.15, -0.1) is 0 Å². The van der Waals surface area contributed by atoms with Crippen molar-refractivity contribution in [1.82, 2.24) is 4.31 Å². The molecule has 2 aromatic rings. The molecule has 0 saturated heterocycles. The van der Waals surface area contributed by atoms with Crippen LogP contribution in [0.15, 0.2) is 41.3 Å². The molecule has 0 bridgehead atoms. The molecule has 6 nitrogen and oxygen atoms in total. The molecule has 0 radical (unpaired) electrons. The number of rotatable bonds is 6. The number of amides is 1. The van der Waals surface area contributed by atoms with Crippen LogP contribution >= 0.6 is 0 Å². The highest BCUT2D eigenvalue weighted by Crippen LogP contribution is 2.22. The molecule has 0 aliphatic rings. The second-order valence-electron chi connectivity index (χ2n) is 6.42. The van der Waals surface area contributed by atoms with E-state index < -0.39 is 10.0 Å². The molecule has 0 fully saturated rings. The predicted molar refractivity (Wildman–Crippen MR) is 105 cm³/mol.